The highest BCUT2D eigenvalue weighted by molar-refractivity contribution is 6.31. The topological polar surface area (TPSA) is 92.0 Å². The summed E-state index contributed by atoms with van der Waals surface area (Å²) in [6.45, 7) is 4.49. The van der Waals surface area contributed by atoms with Gasteiger partial charge in [-0.25, -0.2) is 9.78 Å². The fraction of sp³-hybridized carbons (Fsp3) is 0.310. The number of hydrogen-bond acceptors (Lipinski definition) is 7. The smallest absolute Gasteiger partial charge is 0.336 e. The lowest BCUT2D eigenvalue weighted by molar-refractivity contribution is -0.144. The van der Waals surface area contributed by atoms with Gasteiger partial charge in [0.25, 0.3) is 0 Å². The third-order valence-electron chi connectivity index (χ3n) is 6.37. The molecule has 0 amide bonds. The molecule has 0 spiro atoms. The first-order valence-electron chi connectivity index (χ1n) is 12.3. The molecule has 1 aliphatic heterocycles. The number of carbonyl (C=O) groups excluding carboxylic acids is 2. The maximum atomic E-state index is 13.3. The van der Waals surface area contributed by atoms with Gasteiger partial charge in [-0.3, -0.25) is 9.79 Å². The minimum atomic E-state index is -0.840. The monoisotopic (exact) mass is 535 g/mol. The van der Waals surface area contributed by atoms with E-state index in [1.54, 1.807) is 38.2 Å². The normalized spacial score (nSPS) is 17.2. The van der Waals surface area contributed by atoms with E-state index >= 15 is 0 Å². The zero-order chi connectivity index (χ0) is 27.1. The first kappa shape index (κ1) is 27.3. The Kier molecular flexibility index (Phi) is 9.10. The van der Waals surface area contributed by atoms with Crippen LogP contribution in [-0.2, 0) is 37.0 Å². The molecule has 0 fully saturated rings. The second kappa shape index (κ2) is 12.7. The first-order valence-corrected chi connectivity index (χ1v) is 12.7. The van der Waals surface area contributed by atoms with E-state index < -0.39 is 23.8 Å². The van der Waals surface area contributed by atoms with Crippen molar-refractivity contribution in [2.45, 2.75) is 32.9 Å². The highest BCUT2D eigenvalue weighted by atomic mass is 35.5. The Hall–Kier alpha value is -3.75. The van der Waals surface area contributed by atoms with Crippen LogP contribution in [0.25, 0.3) is 0 Å². The van der Waals surface area contributed by atoms with Gasteiger partial charge in [0.2, 0.25) is 0 Å². The molecule has 1 aliphatic rings. The average Bonchev–Trinajstić information content (AvgIpc) is 3.35. The van der Waals surface area contributed by atoms with Crippen LogP contribution in [0.4, 0.5) is 0 Å². The predicted octanol–water partition coefficient (Wildman–Crippen LogP) is 4.97. The molecular weight excluding hydrogens is 506 g/mol. The van der Waals surface area contributed by atoms with Crippen molar-refractivity contribution in [3.8, 4) is 0 Å². The van der Waals surface area contributed by atoms with Gasteiger partial charge in [0.15, 0.2) is 0 Å². The van der Waals surface area contributed by atoms with Crippen molar-refractivity contribution in [2.75, 3.05) is 20.3 Å². The number of rotatable bonds is 10. The van der Waals surface area contributed by atoms with Crippen LogP contribution in [0.1, 0.15) is 36.7 Å². The van der Waals surface area contributed by atoms with E-state index in [-0.39, 0.29) is 25.4 Å². The van der Waals surface area contributed by atoms with Crippen molar-refractivity contribution in [1.29, 1.82) is 0 Å². The molecule has 0 saturated carbocycles. The van der Waals surface area contributed by atoms with Crippen LogP contribution in [0.15, 0.2) is 83.3 Å². The van der Waals surface area contributed by atoms with Gasteiger partial charge in [0.1, 0.15) is 18.3 Å². The zero-order valence-corrected chi connectivity index (χ0v) is 22.4. The van der Waals surface area contributed by atoms with Gasteiger partial charge in [0, 0.05) is 35.6 Å². The molecule has 9 heteroatoms. The van der Waals surface area contributed by atoms with Crippen LogP contribution >= 0.6 is 11.6 Å². The molecule has 2 atom stereocenters. The number of aliphatic imine (C=N–C) groups is 1. The molecule has 0 N–H and O–H groups in total. The quantitative estimate of drug-likeness (QED) is 0.340. The third kappa shape index (κ3) is 6.03. The summed E-state index contributed by atoms with van der Waals surface area (Å²) in [4.78, 5) is 35.3. The number of imidazole rings is 1. The molecule has 0 aliphatic carbocycles. The molecule has 0 radical (unpaired) electrons. The number of halogens is 1. The van der Waals surface area contributed by atoms with Gasteiger partial charge < -0.3 is 18.8 Å². The molecule has 2 unspecified atom stereocenters. The van der Waals surface area contributed by atoms with Crippen LogP contribution in [-0.4, -0.2) is 47.5 Å². The van der Waals surface area contributed by atoms with Crippen molar-refractivity contribution in [3.63, 3.8) is 0 Å². The Morgan fingerprint density at radius 3 is 2.50 bits per heavy atom. The second-order valence-corrected chi connectivity index (χ2v) is 9.19. The summed E-state index contributed by atoms with van der Waals surface area (Å²) in [7, 11) is 1.31. The number of ether oxygens (including phenoxy) is 3. The van der Waals surface area contributed by atoms with E-state index in [1.165, 1.54) is 7.11 Å². The molecule has 8 nitrogen and oxygen atoms in total. The number of methoxy groups -OCH3 is 1. The number of carbonyl (C=O) groups is 2. The Morgan fingerprint density at radius 2 is 1.79 bits per heavy atom. The van der Waals surface area contributed by atoms with Crippen LogP contribution in [0, 0.1) is 5.92 Å². The lowest BCUT2D eigenvalue weighted by Gasteiger charge is -2.32. The van der Waals surface area contributed by atoms with Gasteiger partial charge in [-0.1, -0.05) is 60.1 Å². The van der Waals surface area contributed by atoms with Gasteiger partial charge >= 0.3 is 11.9 Å². The molecule has 3 aromatic rings. The van der Waals surface area contributed by atoms with Crippen LogP contribution in [0.2, 0.25) is 5.02 Å². The number of esters is 2. The lowest BCUT2D eigenvalue weighted by Crippen LogP contribution is -2.37. The molecular formula is C29H30ClN3O5. The maximum absolute atomic E-state index is 13.3. The predicted molar refractivity (Wildman–Crippen MR) is 144 cm³/mol. The first-order chi connectivity index (χ1) is 18.4. The summed E-state index contributed by atoms with van der Waals surface area (Å²) in [5.41, 5.74) is 2.86. The highest BCUT2D eigenvalue weighted by Gasteiger charge is 2.43. The van der Waals surface area contributed by atoms with Gasteiger partial charge in [-0.15, -0.1) is 0 Å². The molecule has 0 saturated heterocycles. The molecule has 198 valence electrons. The standard InChI is InChI=1S/C29H30ClN3O5/c1-4-38-29(35)27-23(17-37-18-24-31-14-15-33(24)16-20-10-6-5-7-11-20)32-19(2)25(28(34)36-3)26(27)21-12-8-9-13-22(21)30/h5-15,25-26H,4,16-18H2,1-3H3. The van der Waals surface area contributed by atoms with Crippen LogP contribution < -0.4 is 0 Å². The van der Waals surface area contributed by atoms with Crippen LogP contribution in [0.5, 0.6) is 0 Å². The molecule has 4 rings (SSSR count). The number of hydrogen-bond donors (Lipinski definition) is 0. The Morgan fingerprint density at radius 1 is 1.05 bits per heavy atom. The van der Waals surface area contributed by atoms with Gasteiger partial charge in [-0.05, 0) is 31.0 Å². The summed E-state index contributed by atoms with van der Waals surface area (Å²) in [6.07, 6.45) is 3.62. The van der Waals surface area contributed by atoms with E-state index in [2.05, 4.69) is 9.98 Å². The summed E-state index contributed by atoms with van der Waals surface area (Å²) < 4.78 is 18.5. The molecule has 38 heavy (non-hydrogen) atoms. The van der Waals surface area contributed by atoms with Crippen molar-refractivity contribution >= 4 is 29.3 Å². The molecule has 2 aromatic carbocycles. The van der Waals surface area contributed by atoms with Crippen LogP contribution in [0.3, 0.4) is 0 Å². The fourth-order valence-corrected chi connectivity index (χ4v) is 4.89. The molecule has 2 heterocycles. The highest BCUT2D eigenvalue weighted by Crippen LogP contribution is 2.42. The minimum Gasteiger partial charge on any atom is -0.468 e. The Balaban J connectivity index is 1.65. The Labute approximate surface area is 226 Å². The number of nitrogens with zero attached hydrogens (tertiary/aromatic N) is 3. The second-order valence-electron chi connectivity index (χ2n) is 8.78. The number of aromatic nitrogens is 2. The fourth-order valence-electron chi connectivity index (χ4n) is 4.63. The molecule has 1 aromatic heterocycles. The zero-order valence-electron chi connectivity index (χ0n) is 21.6. The largest absolute Gasteiger partial charge is 0.468 e. The third-order valence-corrected chi connectivity index (χ3v) is 6.72. The average molecular weight is 536 g/mol. The minimum absolute atomic E-state index is 0.0124. The van der Waals surface area contributed by atoms with E-state index in [1.807, 2.05) is 47.2 Å². The van der Waals surface area contributed by atoms with Gasteiger partial charge in [0.05, 0.1) is 31.6 Å². The van der Waals surface area contributed by atoms with Crippen molar-refractivity contribution in [2.24, 2.45) is 10.9 Å². The lowest BCUT2D eigenvalue weighted by atomic mass is 9.75. The Bertz CT molecular complexity index is 1350. The summed E-state index contributed by atoms with van der Waals surface area (Å²) in [5.74, 6) is -1.94. The number of benzene rings is 2. The molecule has 0 bridgehead atoms. The summed E-state index contributed by atoms with van der Waals surface area (Å²) in [6, 6.07) is 17.2. The van der Waals surface area contributed by atoms with Crippen molar-refractivity contribution < 1.29 is 23.8 Å². The van der Waals surface area contributed by atoms with Crippen molar-refractivity contribution in [1.82, 2.24) is 9.55 Å². The van der Waals surface area contributed by atoms with Gasteiger partial charge in [-0.2, -0.15) is 0 Å². The van der Waals surface area contributed by atoms with Crippen molar-refractivity contribution in [3.05, 3.63) is 100 Å². The summed E-state index contributed by atoms with van der Waals surface area (Å²) in [5, 5.41) is 0.422. The van der Waals surface area contributed by atoms with E-state index in [4.69, 9.17) is 25.8 Å². The summed E-state index contributed by atoms with van der Waals surface area (Å²) >= 11 is 6.56. The maximum Gasteiger partial charge on any atom is 0.336 e. The van der Waals surface area contributed by atoms with E-state index in [0.29, 0.717) is 28.5 Å². The SMILES string of the molecule is CCOC(=O)C1=C(COCc2nccn2Cc2ccccc2)N=C(C)C(C(=O)OC)C1c1ccccc1Cl. The van der Waals surface area contributed by atoms with E-state index in [9.17, 15) is 9.59 Å². The van der Waals surface area contributed by atoms with E-state index in [0.717, 1.165) is 11.4 Å².